The summed E-state index contributed by atoms with van der Waals surface area (Å²) in [4.78, 5) is 20.3. The lowest BCUT2D eigenvalue weighted by molar-refractivity contribution is -0.118. The van der Waals surface area contributed by atoms with E-state index in [9.17, 15) is 4.79 Å². The Hall–Kier alpha value is -1.37. The Labute approximate surface area is 176 Å². The summed E-state index contributed by atoms with van der Waals surface area (Å²) < 4.78 is 0. The van der Waals surface area contributed by atoms with Crippen LogP contribution in [0.2, 0.25) is 0 Å². The highest BCUT2D eigenvalue weighted by molar-refractivity contribution is 5.93. The van der Waals surface area contributed by atoms with Gasteiger partial charge in [0.15, 0.2) is 0 Å². The molecule has 1 aliphatic carbocycles. The summed E-state index contributed by atoms with van der Waals surface area (Å²) in [5, 5.41) is 6.55. The maximum absolute atomic E-state index is 12.5. The van der Waals surface area contributed by atoms with Crippen LogP contribution in [0.5, 0.6) is 0 Å². The molecule has 4 rings (SSSR count). The van der Waals surface area contributed by atoms with Crippen molar-refractivity contribution in [3.63, 3.8) is 0 Å². The number of likely N-dealkylation sites (tertiary alicyclic amines) is 1. The van der Waals surface area contributed by atoms with Crippen LogP contribution in [0.25, 0.3) is 0 Å². The summed E-state index contributed by atoms with van der Waals surface area (Å²) >= 11 is 0. The SMILES string of the molecule is CCCN1CCC(N2CCCN(C3C=CC=C(C(=O)NCC4CC4)N3)CC2)CC1. The normalized spacial score (nSPS) is 27.9. The van der Waals surface area contributed by atoms with Gasteiger partial charge in [-0.2, -0.15) is 0 Å². The van der Waals surface area contributed by atoms with Crippen molar-refractivity contribution in [2.24, 2.45) is 5.92 Å². The van der Waals surface area contributed by atoms with Crippen molar-refractivity contribution in [2.75, 3.05) is 52.4 Å². The molecule has 3 aliphatic heterocycles. The number of allylic oxidation sites excluding steroid dienone is 2. The van der Waals surface area contributed by atoms with Crippen LogP contribution < -0.4 is 10.6 Å². The molecule has 2 saturated heterocycles. The highest BCUT2D eigenvalue weighted by Gasteiger charge is 2.29. The van der Waals surface area contributed by atoms with E-state index in [4.69, 9.17) is 0 Å². The molecule has 1 atom stereocenters. The smallest absolute Gasteiger partial charge is 0.267 e. The fourth-order valence-electron chi connectivity index (χ4n) is 4.95. The number of hydrogen-bond acceptors (Lipinski definition) is 5. The zero-order chi connectivity index (χ0) is 20.1. The molecule has 1 amide bonds. The fourth-order valence-corrected chi connectivity index (χ4v) is 4.95. The summed E-state index contributed by atoms with van der Waals surface area (Å²) in [6.45, 7) is 11.4. The van der Waals surface area contributed by atoms with Crippen LogP contribution in [-0.4, -0.2) is 85.2 Å². The molecule has 0 aromatic rings. The van der Waals surface area contributed by atoms with E-state index in [0.717, 1.165) is 32.2 Å². The topological polar surface area (TPSA) is 50.9 Å². The quantitative estimate of drug-likeness (QED) is 0.681. The minimum absolute atomic E-state index is 0.0431. The Bertz CT molecular complexity index is 606. The van der Waals surface area contributed by atoms with Crippen molar-refractivity contribution in [1.29, 1.82) is 0 Å². The third-order valence-electron chi connectivity index (χ3n) is 6.92. The second-order valence-corrected chi connectivity index (χ2v) is 9.21. The molecule has 3 fully saturated rings. The first kappa shape index (κ1) is 20.9. The molecule has 1 unspecified atom stereocenters. The number of dihydropyridines is 1. The van der Waals surface area contributed by atoms with Crippen LogP contribution >= 0.6 is 0 Å². The number of carbonyl (C=O) groups is 1. The average molecular weight is 402 g/mol. The predicted molar refractivity (Wildman–Crippen MR) is 117 cm³/mol. The Morgan fingerprint density at radius 2 is 1.83 bits per heavy atom. The van der Waals surface area contributed by atoms with Crippen LogP contribution in [-0.2, 0) is 4.79 Å². The number of amides is 1. The summed E-state index contributed by atoms with van der Waals surface area (Å²) in [5.74, 6) is 0.751. The van der Waals surface area contributed by atoms with Crippen LogP contribution in [0.3, 0.4) is 0 Å². The lowest BCUT2D eigenvalue weighted by Crippen LogP contribution is -2.50. The largest absolute Gasteiger partial charge is 0.362 e. The molecule has 3 heterocycles. The van der Waals surface area contributed by atoms with E-state index in [1.165, 1.54) is 64.7 Å². The maximum Gasteiger partial charge on any atom is 0.267 e. The maximum atomic E-state index is 12.5. The first-order valence-electron chi connectivity index (χ1n) is 11.9. The highest BCUT2D eigenvalue weighted by Crippen LogP contribution is 2.27. The molecule has 2 N–H and O–H groups in total. The fraction of sp³-hybridized carbons (Fsp3) is 0.783. The van der Waals surface area contributed by atoms with Crippen molar-refractivity contribution in [3.8, 4) is 0 Å². The van der Waals surface area contributed by atoms with Crippen molar-refractivity contribution < 1.29 is 4.79 Å². The molecule has 0 spiro atoms. The van der Waals surface area contributed by atoms with Crippen LogP contribution in [0.15, 0.2) is 23.9 Å². The Morgan fingerprint density at radius 1 is 1.07 bits per heavy atom. The van der Waals surface area contributed by atoms with E-state index < -0.39 is 0 Å². The third-order valence-corrected chi connectivity index (χ3v) is 6.92. The molecule has 6 heteroatoms. The van der Waals surface area contributed by atoms with Gasteiger partial charge in [0.25, 0.3) is 5.91 Å². The van der Waals surface area contributed by atoms with Gasteiger partial charge in [-0.1, -0.05) is 13.0 Å². The first-order valence-corrected chi connectivity index (χ1v) is 11.9. The van der Waals surface area contributed by atoms with E-state index in [2.05, 4.69) is 38.3 Å². The van der Waals surface area contributed by atoms with E-state index in [1.54, 1.807) is 0 Å². The highest BCUT2D eigenvalue weighted by atomic mass is 16.2. The molecule has 0 aromatic heterocycles. The van der Waals surface area contributed by atoms with Crippen LogP contribution in [0.1, 0.15) is 45.4 Å². The number of nitrogens with zero attached hydrogens (tertiary/aromatic N) is 3. The molecule has 0 radical (unpaired) electrons. The average Bonchev–Trinajstić information content (AvgIpc) is 3.60. The minimum atomic E-state index is 0.0431. The van der Waals surface area contributed by atoms with E-state index in [0.29, 0.717) is 11.6 Å². The van der Waals surface area contributed by atoms with Crippen molar-refractivity contribution in [2.45, 2.75) is 57.7 Å². The molecular formula is C23H39N5O. The van der Waals surface area contributed by atoms with Crippen molar-refractivity contribution >= 4 is 5.91 Å². The Balaban J connectivity index is 1.24. The molecule has 1 saturated carbocycles. The lowest BCUT2D eigenvalue weighted by atomic mass is 10.0. The molecule has 4 aliphatic rings. The van der Waals surface area contributed by atoms with E-state index in [1.807, 2.05) is 12.2 Å². The third kappa shape index (κ3) is 5.83. The first-order chi connectivity index (χ1) is 14.2. The molecule has 29 heavy (non-hydrogen) atoms. The number of hydrogen-bond donors (Lipinski definition) is 2. The second-order valence-electron chi connectivity index (χ2n) is 9.21. The van der Waals surface area contributed by atoms with E-state index >= 15 is 0 Å². The van der Waals surface area contributed by atoms with Gasteiger partial charge in [-0.05, 0) is 82.8 Å². The molecule has 0 aromatic carbocycles. The lowest BCUT2D eigenvalue weighted by Gasteiger charge is -2.38. The van der Waals surface area contributed by atoms with Gasteiger partial charge in [0, 0.05) is 32.2 Å². The zero-order valence-corrected chi connectivity index (χ0v) is 18.1. The second kappa shape index (κ2) is 10.1. The molecule has 0 bridgehead atoms. The Morgan fingerprint density at radius 3 is 2.59 bits per heavy atom. The Kier molecular flexibility index (Phi) is 7.27. The molecule has 162 valence electrons. The number of piperidine rings is 1. The standard InChI is InChI=1S/C23H39N5O/c1-2-11-26-14-9-20(10-15-26)27-12-4-13-28(17-16-27)22-6-3-5-21(25-22)23(29)24-18-19-7-8-19/h3,5-6,19-20,22,25H,2,4,7-18H2,1H3,(H,24,29). The van der Waals surface area contributed by atoms with E-state index in [-0.39, 0.29) is 12.1 Å². The van der Waals surface area contributed by atoms with Gasteiger partial charge >= 0.3 is 0 Å². The van der Waals surface area contributed by atoms with Crippen molar-refractivity contribution in [1.82, 2.24) is 25.3 Å². The molecular weight excluding hydrogens is 362 g/mol. The van der Waals surface area contributed by atoms with Gasteiger partial charge < -0.3 is 15.5 Å². The summed E-state index contributed by atoms with van der Waals surface area (Å²) in [5.41, 5.74) is 0.711. The van der Waals surface area contributed by atoms with Gasteiger partial charge in [0.05, 0.1) is 6.17 Å². The van der Waals surface area contributed by atoms with Gasteiger partial charge in [0.2, 0.25) is 0 Å². The summed E-state index contributed by atoms with van der Waals surface area (Å²) in [6.07, 6.45) is 13.9. The predicted octanol–water partition coefficient (Wildman–Crippen LogP) is 1.76. The number of carbonyl (C=O) groups excluding carboxylic acids is 1. The van der Waals surface area contributed by atoms with Crippen LogP contribution in [0, 0.1) is 5.92 Å². The summed E-state index contributed by atoms with van der Waals surface area (Å²) in [7, 11) is 0. The van der Waals surface area contributed by atoms with Crippen LogP contribution in [0.4, 0.5) is 0 Å². The minimum Gasteiger partial charge on any atom is -0.362 e. The van der Waals surface area contributed by atoms with Gasteiger partial charge in [-0.15, -0.1) is 0 Å². The number of rotatable bonds is 7. The number of nitrogens with one attached hydrogen (secondary N) is 2. The van der Waals surface area contributed by atoms with Crippen molar-refractivity contribution in [3.05, 3.63) is 23.9 Å². The zero-order valence-electron chi connectivity index (χ0n) is 18.1. The monoisotopic (exact) mass is 401 g/mol. The summed E-state index contributed by atoms with van der Waals surface area (Å²) in [6, 6.07) is 0.751. The van der Waals surface area contributed by atoms with Gasteiger partial charge in [0.1, 0.15) is 5.70 Å². The van der Waals surface area contributed by atoms with Gasteiger partial charge in [-0.3, -0.25) is 14.6 Å². The molecule has 6 nitrogen and oxygen atoms in total. The van der Waals surface area contributed by atoms with Gasteiger partial charge in [-0.25, -0.2) is 0 Å².